The predicted molar refractivity (Wildman–Crippen MR) is 99.6 cm³/mol. The smallest absolute Gasteiger partial charge is 0.0699 e. The lowest BCUT2D eigenvalue weighted by atomic mass is 10.1. The minimum absolute atomic E-state index is 0.436. The van der Waals surface area contributed by atoms with Crippen LogP contribution in [0.25, 0.3) is 5.69 Å². The molecule has 0 aliphatic carbocycles. The van der Waals surface area contributed by atoms with Crippen molar-refractivity contribution in [2.45, 2.75) is 52.1 Å². The van der Waals surface area contributed by atoms with E-state index in [9.17, 15) is 0 Å². The average Bonchev–Trinajstić information content (AvgIpc) is 3.22. The third-order valence-electron chi connectivity index (χ3n) is 4.99. The largest absolute Gasteiger partial charge is 0.311 e. The Bertz CT molecular complexity index is 632. The number of likely N-dealkylation sites (tertiary alicyclic amines) is 1. The summed E-state index contributed by atoms with van der Waals surface area (Å²) in [6.45, 7) is 11.1. The van der Waals surface area contributed by atoms with Crippen LogP contribution in [-0.2, 0) is 6.54 Å². The maximum atomic E-state index is 4.83. The fraction of sp³-hybridized carbons (Fsp3) is 0.550. The molecule has 24 heavy (non-hydrogen) atoms. The summed E-state index contributed by atoms with van der Waals surface area (Å²) in [7, 11) is 0. The lowest BCUT2D eigenvalue weighted by Crippen LogP contribution is -2.37. The molecule has 1 saturated heterocycles. The van der Waals surface area contributed by atoms with Gasteiger partial charge in [0.2, 0.25) is 0 Å². The van der Waals surface area contributed by atoms with E-state index in [1.807, 2.05) is 10.7 Å². The number of rotatable bonds is 7. The monoisotopic (exact) mass is 326 g/mol. The molecule has 1 aliphatic rings. The molecule has 130 valence electrons. The van der Waals surface area contributed by atoms with Crippen LogP contribution in [0.2, 0.25) is 0 Å². The van der Waals surface area contributed by atoms with Crippen LogP contribution in [0.1, 0.15) is 50.8 Å². The SMILES string of the molecule is CCN1CCCC1CNCc1cn(-c2ccccc2)nc1C(C)C. The number of para-hydroxylation sites is 1. The molecule has 0 spiro atoms. The van der Waals surface area contributed by atoms with Gasteiger partial charge in [0.05, 0.1) is 11.4 Å². The van der Waals surface area contributed by atoms with Crippen LogP contribution in [0.4, 0.5) is 0 Å². The molecule has 1 aromatic carbocycles. The minimum Gasteiger partial charge on any atom is -0.311 e. The van der Waals surface area contributed by atoms with Crippen molar-refractivity contribution in [1.29, 1.82) is 0 Å². The van der Waals surface area contributed by atoms with E-state index in [0.29, 0.717) is 12.0 Å². The van der Waals surface area contributed by atoms with Gasteiger partial charge in [-0.2, -0.15) is 5.10 Å². The van der Waals surface area contributed by atoms with E-state index in [0.717, 1.165) is 25.3 Å². The van der Waals surface area contributed by atoms with Gasteiger partial charge in [-0.15, -0.1) is 0 Å². The molecule has 0 radical (unpaired) electrons. The van der Waals surface area contributed by atoms with Gasteiger partial charge in [0.25, 0.3) is 0 Å². The number of aromatic nitrogens is 2. The second-order valence-corrected chi connectivity index (χ2v) is 7.03. The van der Waals surface area contributed by atoms with Gasteiger partial charge < -0.3 is 5.32 Å². The molecule has 1 aromatic heterocycles. The summed E-state index contributed by atoms with van der Waals surface area (Å²) in [5, 5.41) is 8.50. The van der Waals surface area contributed by atoms with Crippen LogP contribution in [0, 0.1) is 0 Å². The molecule has 2 heterocycles. The van der Waals surface area contributed by atoms with Gasteiger partial charge in [-0.3, -0.25) is 4.90 Å². The zero-order valence-electron chi connectivity index (χ0n) is 15.2. The minimum atomic E-state index is 0.436. The fourth-order valence-electron chi connectivity index (χ4n) is 3.67. The lowest BCUT2D eigenvalue weighted by Gasteiger charge is -2.23. The first-order valence-electron chi connectivity index (χ1n) is 9.27. The van der Waals surface area contributed by atoms with Crippen LogP contribution in [0.5, 0.6) is 0 Å². The van der Waals surface area contributed by atoms with Crippen LogP contribution in [-0.4, -0.2) is 40.4 Å². The Labute approximate surface area is 145 Å². The highest BCUT2D eigenvalue weighted by Gasteiger charge is 2.22. The van der Waals surface area contributed by atoms with Crippen molar-refractivity contribution in [3.8, 4) is 5.69 Å². The maximum absolute atomic E-state index is 4.83. The molecule has 1 atom stereocenters. The normalized spacial score (nSPS) is 18.6. The lowest BCUT2D eigenvalue weighted by molar-refractivity contribution is 0.260. The van der Waals surface area contributed by atoms with E-state index >= 15 is 0 Å². The number of nitrogens with one attached hydrogen (secondary N) is 1. The molecule has 4 heteroatoms. The van der Waals surface area contributed by atoms with Crippen LogP contribution in [0.3, 0.4) is 0 Å². The highest BCUT2D eigenvalue weighted by atomic mass is 15.3. The number of hydrogen-bond donors (Lipinski definition) is 1. The van der Waals surface area contributed by atoms with E-state index in [4.69, 9.17) is 5.10 Å². The van der Waals surface area contributed by atoms with Gasteiger partial charge in [0, 0.05) is 30.9 Å². The molecule has 1 N–H and O–H groups in total. The molecule has 3 rings (SSSR count). The molecular weight excluding hydrogens is 296 g/mol. The van der Waals surface area contributed by atoms with Crippen LogP contribution >= 0.6 is 0 Å². The molecule has 1 fully saturated rings. The molecule has 0 amide bonds. The molecule has 0 bridgehead atoms. The quantitative estimate of drug-likeness (QED) is 0.844. The first-order valence-corrected chi connectivity index (χ1v) is 9.27. The van der Waals surface area contributed by atoms with Crippen molar-refractivity contribution >= 4 is 0 Å². The molecule has 1 aliphatic heterocycles. The first kappa shape index (κ1) is 17.2. The second-order valence-electron chi connectivity index (χ2n) is 7.03. The summed E-state index contributed by atoms with van der Waals surface area (Å²) in [5.41, 5.74) is 3.64. The standard InChI is InChI=1S/C20H30N4/c1-4-23-12-8-11-19(23)14-21-13-17-15-24(22-20(17)16(2)3)18-9-6-5-7-10-18/h5-7,9-10,15-16,19,21H,4,8,11-14H2,1-3H3. The Balaban J connectivity index is 1.67. The highest BCUT2D eigenvalue weighted by Crippen LogP contribution is 2.20. The zero-order chi connectivity index (χ0) is 16.9. The van der Waals surface area contributed by atoms with E-state index in [2.05, 4.69) is 61.5 Å². The predicted octanol–water partition coefficient (Wildman–Crippen LogP) is 3.57. The number of benzene rings is 1. The maximum Gasteiger partial charge on any atom is 0.0699 e. The van der Waals surface area contributed by atoms with E-state index in [-0.39, 0.29) is 0 Å². The number of likely N-dealkylation sites (N-methyl/N-ethyl adjacent to an activating group) is 1. The van der Waals surface area contributed by atoms with Crippen molar-refractivity contribution in [2.75, 3.05) is 19.6 Å². The fourth-order valence-corrected chi connectivity index (χ4v) is 3.67. The van der Waals surface area contributed by atoms with Gasteiger partial charge >= 0.3 is 0 Å². The average molecular weight is 326 g/mol. The molecule has 1 unspecified atom stereocenters. The van der Waals surface area contributed by atoms with E-state index < -0.39 is 0 Å². The summed E-state index contributed by atoms with van der Waals surface area (Å²) < 4.78 is 2.01. The van der Waals surface area contributed by atoms with Crippen molar-refractivity contribution in [3.05, 3.63) is 47.8 Å². The highest BCUT2D eigenvalue weighted by molar-refractivity contribution is 5.33. The van der Waals surface area contributed by atoms with Crippen LogP contribution in [0.15, 0.2) is 36.5 Å². The van der Waals surface area contributed by atoms with Gasteiger partial charge in [-0.1, -0.05) is 39.0 Å². The molecule has 0 saturated carbocycles. The third-order valence-corrected chi connectivity index (χ3v) is 4.99. The van der Waals surface area contributed by atoms with Gasteiger partial charge in [-0.05, 0) is 44.0 Å². The Morgan fingerprint density at radius 3 is 2.75 bits per heavy atom. The summed E-state index contributed by atoms with van der Waals surface area (Å²) in [5.74, 6) is 0.436. The second kappa shape index (κ2) is 7.95. The number of hydrogen-bond acceptors (Lipinski definition) is 3. The molecular formula is C20H30N4. The van der Waals surface area contributed by atoms with E-state index in [1.54, 1.807) is 0 Å². The van der Waals surface area contributed by atoms with Gasteiger partial charge in [-0.25, -0.2) is 4.68 Å². The summed E-state index contributed by atoms with van der Waals surface area (Å²) >= 11 is 0. The van der Waals surface area contributed by atoms with Crippen molar-refractivity contribution in [1.82, 2.24) is 20.0 Å². The van der Waals surface area contributed by atoms with E-state index in [1.165, 1.54) is 30.6 Å². The Hall–Kier alpha value is -1.65. The summed E-state index contributed by atoms with van der Waals surface area (Å²) in [4.78, 5) is 2.59. The first-order chi connectivity index (χ1) is 11.7. The summed E-state index contributed by atoms with van der Waals surface area (Å²) in [6, 6.07) is 11.1. The van der Waals surface area contributed by atoms with Crippen molar-refractivity contribution in [3.63, 3.8) is 0 Å². The molecule has 2 aromatic rings. The number of nitrogens with zero attached hydrogens (tertiary/aromatic N) is 3. The van der Waals surface area contributed by atoms with Crippen molar-refractivity contribution < 1.29 is 0 Å². The zero-order valence-corrected chi connectivity index (χ0v) is 15.2. The summed E-state index contributed by atoms with van der Waals surface area (Å²) in [6.07, 6.45) is 4.84. The topological polar surface area (TPSA) is 33.1 Å². The van der Waals surface area contributed by atoms with Crippen LogP contribution < -0.4 is 5.32 Å². The third kappa shape index (κ3) is 3.87. The molecule has 4 nitrogen and oxygen atoms in total. The Kier molecular flexibility index (Phi) is 5.69. The Morgan fingerprint density at radius 1 is 1.25 bits per heavy atom. The van der Waals surface area contributed by atoms with Gasteiger partial charge in [0.1, 0.15) is 0 Å². The Morgan fingerprint density at radius 2 is 2.04 bits per heavy atom. The van der Waals surface area contributed by atoms with Gasteiger partial charge in [0.15, 0.2) is 0 Å². The van der Waals surface area contributed by atoms with Crippen molar-refractivity contribution in [2.24, 2.45) is 0 Å².